The molecule has 20 heavy (non-hydrogen) atoms. The Morgan fingerprint density at radius 1 is 1.20 bits per heavy atom. The predicted molar refractivity (Wildman–Crippen MR) is 74.3 cm³/mol. The minimum Gasteiger partial charge on any atom is -0.338 e. The molecule has 0 aliphatic heterocycles. The maximum absolute atomic E-state index is 12.7. The highest BCUT2D eigenvalue weighted by Crippen LogP contribution is 2.30. The summed E-state index contributed by atoms with van der Waals surface area (Å²) in [7, 11) is 0. The van der Waals surface area contributed by atoms with E-state index < -0.39 is 6.43 Å². The summed E-state index contributed by atoms with van der Waals surface area (Å²) in [5, 5.41) is 6.07. The monoisotopic (exact) mass is 292 g/mol. The Balaban J connectivity index is 2.14. The van der Waals surface area contributed by atoms with Crippen LogP contribution >= 0.6 is 11.9 Å². The summed E-state index contributed by atoms with van der Waals surface area (Å²) >= 11 is 1.10. The van der Waals surface area contributed by atoms with E-state index in [1.165, 1.54) is 6.07 Å². The fourth-order valence-corrected chi connectivity index (χ4v) is 2.26. The van der Waals surface area contributed by atoms with Gasteiger partial charge in [0.15, 0.2) is 0 Å². The molecule has 0 amide bonds. The second-order valence-corrected chi connectivity index (χ2v) is 4.85. The zero-order valence-corrected chi connectivity index (χ0v) is 11.0. The van der Waals surface area contributed by atoms with Crippen LogP contribution in [0.4, 0.5) is 8.78 Å². The second-order valence-electron chi connectivity index (χ2n) is 4.14. The molecule has 0 bridgehead atoms. The number of nitrogens with one attached hydrogen (secondary N) is 1. The number of pyridine rings is 2. The van der Waals surface area contributed by atoms with Crippen molar-refractivity contribution in [3.05, 3.63) is 42.4 Å². The number of fused-ring (bicyclic) bond motifs is 1. The molecule has 0 radical (unpaired) electrons. The van der Waals surface area contributed by atoms with Gasteiger partial charge in [-0.05, 0) is 36.2 Å². The van der Waals surface area contributed by atoms with Crippen LogP contribution in [0.2, 0.25) is 0 Å². The van der Waals surface area contributed by atoms with Gasteiger partial charge in [0.2, 0.25) is 0 Å². The summed E-state index contributed by atoms with van der Waals surface area (Å²) < 4.78 is 25.5. The van der Waals surface area contributed by atoms with Crippen molar-refractivity contribution in [3.63, 3.8) is 0 Å². The van der Waals surface area contributed by atoms with Crippen molar-refractivity contribution in [2.75, 3.05) is 0 Å². The van der Waals surface area contributed by atoms with E-state index >= 15 is 0 Å². The number of nitrogens with zero attached hydrogens (tertiary/aromatic N) is 2. The highest BCUT2D eigenvalue weighted by molar-refractivity contribution is 7.97. The first-order valence-electron chi connectivity index (χ1n) is 5.78. The van der Waals surface area contributed by atoms with Crippen LogP contribution in [0.25, 0.3) is 22.3 Å². The number of H-pyrrole nitrogens is 1. The van der Waals surface area contributed by atoms with Crippen molar-refractivity contribution in [3.8, 4) is 11.3 Å². The maximum Gasteiger partial charge on any atom is 0.278 e. The van der Waals surface area contributed by atoms with Gasteiger partial charge in [-0.25, -0.2) is 13.8 Å². The first kappa shape index (κ1) is 13.0. The molecule has 0 aliphatic carbocycles. The lowest BCUT2D eigenvalue weighted by Crippen LogP contribution is -1.87. The van der Waals surface area contributed by atoms with Crippen LogP contribution in [0.1, 0.15) is 12.1 Å². The fourth-order valence-electron chi connectivity index (χ4n) is 2.00. The van der Waals surface area contributed by atoms with Crippen molar-refractivity contribution >= 4 is 23.0 Å². The van der Waals surface area contributed by atoms with Gasteiger partial charge in [-0.2, -0.15) is 0 Å². The molecule has 3 heterocycles. The van der Waals surface area contributed by atoms with Crippen molar-refractivity contribution in [1.82, 2.24) is 15.0 Å². The Bertz CT molecular complexity index is 740. The van der Waals surface area contributed by atoms with E-state index in [-0.39, 0.29) is 5.69 Å². The topological polar surface area (TPSA) is 67.6 Å². The molecule has 102 valence electrons. The lowest BCUT2D eigenvalue weighted by molar-refractivity contribution is 0.147. The number of nitrogens with two attached hydrogens (primary N) is 1. The number of aromatic nitrogens is 3. The number of hydrogen-bond acceptors (Lipinski definition) is 4. The van der Waals surface area contributed by atoms with Crippen LogP contribution in [0, 0.1) is 0 Å². The molecule has 0 aromatic carbocycles. The van der Waals surface area contributed by atoms with Gasteiger partial charge in [0.25, 0.3) is 6.43 Å². The van der Waals surface area contributed by atoms with Gasteiger partial charge in [0.05, 0.1) is 11.4 Å². The zero-order chi connectivity index (χ0) is 14.1. The Labute approximate surface area is 117 Å². The van der Waals surface area contributed by atoms with Crippen molar-refractivity contribution in [2.24, 2.45) is 5.14 Å². The number of halogens is 2. The van der Waals surface area contributed by atoms with Gasteiger partial charge < -0.3 is 4.98 Å². The smallest absolute Gasteiger partial charge is 0.278 e. The third-order valence-electron chi connectivity index (χ3n) is 2.94. The first-order valence-corrected chi connectivity index (χ1v) is 6.66. The summed E-state index contributed by atoms with van der Waals surface area (Å²) in [6, 6.07) is 6.80. The van der Waals surface area contributed by atoms with E-state index in [4.69, 9.17) is 5.14 Å². The average molecular weight is 292 g/mol. The maximum atomic E-state index is 12.7. The van der Waals surface area contributed by atoms with E-state index in [2.05, 4.69) is 15.0 Å². The lowest BCUT2D eigenvalue weighted by atomic mass is 10.1. The van der Waals surface area contributed by atoms with E-state index in [9.17, 15) is 8.78 Å². The molecule has 3 N–H and O–H groups in total. The van der Waals surface area contributed by atoms with E-state index in [1.54, 1.807) is 24.5 Å². The molecule has 4 nitrogen and oxygen atoms in total. The quantitative estimate of drug-likeness (QED) is 0.725. The third kappa shape index (κ3) is 2.25. The van der Waals surface area contributed by atoms with Crippen LogP contribution in [-0.2, 0) is 0 Å². The van der Waals surface area contributed by atoms with Crippen molar-refractivity contribution in [1.29, 1.82) is 0 Å². The minimum atomic E-state index is -2.55. The summed E-state index contributed by atoms with van der Waals surface area (Å²) in [6.07, 6.45) is 0.657. The molecule has 0 aliphatic rings. The molecule has 0 atom stereocenters. The van der Waals surface area contributed by atoms with Crippen LogP contribution in [-0.4, -0.2) is 15.0 Å². The second kappa shape index (κ2) is 5.18. The van der Waals surface area contributed by atoms with E-state index in [1.807, 2.05) is 6.07 Å². The van der Waals surface area contributed by atoms with Gasteiger partial charge in [0.1, 0.15) is 5.65 Å². The highest BCUT2D eigenvalue weighted by atomic mass is 32.2. The Hall–Kier alpha value is -1.99. The zero-order valence-electron chi connectivity index (χ0n) is 10.2. The SMILES string of the molecule is NSc1ccc(-c2ccnc3[nH]c(C(F)F)cc23)nc1. The standard InChI is InChI=1S/C13H10F2N4S/c14-12(15)11-5-9-8(3-4-17-13(9)19-11)10-2-1-7(20-16)6-18-10/h1-6,12H,16H2,(H,17,19). The van der Waals surface area contributed by atoms with E-state index in [0.717, 1.165) is 22.4 Å². The Morgan fingerprint density at radius 3 is 2.70 bits per heavy atom. The average Bonchev–Trinajstić information content (AvgIpc) is 2.91. The number of hydrogen-bond donors (Lipinski definition) is 2. The summed E-state index contributed by atoms with van der Waals surface area (Å²) in [4.78, 5) is 11.8. The summed E-state index contributed by atoms with van der Waals surface area (Å²) in [5.74, 6) is 0. The molecule has 0 unspecified atom stereocenters. The van der Waals surface area contributed by atoms with Crippen LogP contribution in [0.3, 0.4) is 0 Å². The molecule has 7 heteroatoms. The van der Waals surface area contributed by atoms with Crippen LogP contribution in [0.5, 0.6) is 0 Å². The number of aromatic amines is 1. The first-order chi connectivity index (χ1) is 9.69. The van der Waals surface area contributed by atoms with E-state index in [0.29, 0.717) is 16.7 Å². The normalized spacial score (nSPS) is 11.4. The Morgan fingerprint density at radius 2 is 2.05 bits per heavy atom. The number of rotatable bonds is 3. The molecule has 0 fully saturated rings. The predicted octanol–water partition coefficient (Wildman–Crippen LogP) is 3.53. The van der Waals surface area contributed by atoms with Gasteiger partial charge in [-0.15, -0.1) is 0 Å². The molecular weight excluding hydrogens is 282 g/mol. The van der Waals surface area contributed by atoms with Crippen molar-refractivity contribution in [2.45, 2.75) is 11.3 Å². The molecule has 0 spiro atoms. The van der Waals surface area contributed by atoms with Gasteiger partial charge in [0, 0.05) is 28.2 Å². The lowest BCUT2D eigenvalue weighted by Gasteiger charge is -2.03. The Kier molecular flexibility index (Phi) is 3.37. The van der Waals surface area contributed by atoms with Gasteiger partial charge in [-0.3, -0.25) is 10.1 Å². The minimum absolute atomic E-state index is 0.144. The highest BCUT2D eigenvalue weighted by Gasteiger charge is 2.14. The van der Waals surface area contributed by atoms with Crippen LogP contribution in [0.15, 0.2) is 41.6 Å². The number of alkyl halides is 2. The van der Waals surface area contributed by atoms with Crippen molar-refractivity contribution < 1.29 is 8.78 Å². The molecule has 3 aromatic rings. The molecule has 0 saturated carbocycles. The molecule has 3 rings (SSSR count). The summed E-state index contributed by atoms with van der Waals surface area (Å²) in [6.45, 7) is 0. The fraction of sp³-hybridized carbons (Fsp3) is 0.0769. The summed E-state index contributed by atoms with van der Waals surface area (Å²) in [5.41, 5.74) is 1.73. The van der Waals surface area contributed by atoms with Gasteiger partial charge in [-0.1, -0.05) is 0 Å². The molecule has 0 saturated heterocycles. The van der Waals surface area contributed by atoms with Crippen LogP contribution < -0.4 is 5.14 Å². The van der Waals surface area contributed by atoms with Gasteiger partial charge >= 0.3 is 0 Å². The largest absolute Gasteiger partial charge is 0.338 e. The third-order valence-corrected chi connectivity index (χ3v) is 3.45. The molecular formula is C13H10F2N4S. The molecule has 3 aromatic heterocycles.